The molecule has 0 bridgehead atoms. The van der Waals surface area contributed by atoms with E-state index >= 15 is 0 Å². The van der Waals surface area contributed by atoms with Gasteiger partial charge in [-0.1, -0.05) is 108 Å². The summed E-state index contributed by atoms with van der Waals surface area (Å²) in [5, 5.41) is 0.773. The first-order chi connectivity index (χ1) is 9.86. The summed E-state index contributed by atoms with van der Waals surface area (Å²) >= 11 is 6.40. The van der Waals surface area contributed by atoms with Crippen LogP contribution in [0.2, 0.25) is 5.02 Å². The molecule has 0 spiro atoms. The first kappa shape index (κ1) is 16.1. The van der Waals surface area contributed by atoms with Crippen LogP contribution in [0.1, 0.15) is 16.7 Å². The molecule has 0 amide bonds. The van der Waals surface area contributed by atoms with E-state index in [1.165, 1.54) is 11.1 Å². The fraction of sp³-hybridized carbons (Fsp3) is 0. The van der Waals surface area contributed by atoms with Crippen molar-refractivity contribution in [2.45, 2.75) is 0 Å². The zero-order valence-corrected chi connectivity index (χ0v) is 14.7. The molecule has 3 aromatic carbocycles. The molecule has 0 saturated heterocycles. The maximum atomic E-state index is 6.40. The molecule has 3 rings (SSSR count). The Bertz CT molecular complexity index is 641. The van der Waals surface area contributed by atoms with Crippen molar-refractivity contribution in [1.29, 1.82) is 0 Å². The fourth-order valence-corrected chi connectivity index (χ4v) is 2.58. The van der Waals surface area contributed by atoms with Crippen molar-refractivity contribution in [3.05, 3.63) is 113 Å². The molecule has 2 heteroatoms. The van der Waals surface area contributed by atoms with Crippen molar-refractivity contribution >= 4 is 11.6 Å². The largest absolute Gasteiger partial charge is 0.119 e. The first-order valence-electron chi connectivity index (χ1n) is 6.59. The van der Waals surface area contributed by atoms with Gasteiger partial charge in [0.05, 0.1) is 0 Å². The van der Waals surface area contributed by atoms with E-state index in [0.29, 0.717) is 0 Å². The number of benzene rings is 3. The van der Waals surface area contributed by atoms with Gasteiger partial charge in [-0.25, -0.2) is 0 Å². The summed E-state index contributed by atoms with van der Waals surface area (Å²) in [5.41, 5.74) is 3.41. The summed E-state index contributed by atoms with van der Waals surface area (Å²) in [6, 6.07) is 28.7. The summed E-state index contributed by atoms with van der Waals surface area (Å²) < 4.78 is 0. The quantitative estimate of drug-likeness (QED) is 0.431. The van der Waals surface area contributed by atoms with Crippen LogP contribution in [0.4, 0.5) is 0 Å². The third kappa shape index (κ3) is 3.67. The van der Waals surface area contributed by atoms with E-state index in [4.69, 9.17) is 11.6 Å². The average molecular weight is 369 g/mol. The molecule has 0 aliphatic rings. The van der Waals surface area contributed by atoms with Crippen molar-refractivity contribution in [3.63, 3.8) is 0 Å². The second-order valence-electron chi connectivity index (χ2n) is 4.59. The fourth-order valence-electron chi connectivity index (χ4n) is 2.35. The Labute approximate surface area is 149 Å². The van der Waals surface area contributed by atoms with Crippen LogP contribution >= 0.6 is 11.6 Å². The summed E-state index contributed by atoms with van der Waals surface area (Å²) in [6.45, 7) is 0. The summed E-state index contributed by atoms with van der Waals surface area (Å²) in [7, 11) is 0. The third-order valence-electron chi connectivity index (χ3n) is 3.27. The number of halogens is 1. The SMILES string of the molecule is Clc1ccccc1[C-](c1ccccc1)c1ccccc1.[Zr]. The second kappa shape index (κ2) is 7.64. The van der Waals surface area contributed by atoms with Gasteiger partial charge in [0.15, 0.2) is 0 Å². The molecule has 0 radical (unpaired) electrons. The van der Waals surface area contributed by atoms with Gasteiger partial charge in [0, 0.05) is 31.2 Å². The Morgan fingerprint density at radius 1 is 0.571 bits per heavy atom. The number of hydrogen-bond donors (Lipinski definition) is 0. The second-order valence-corrected chi connectivity index (χ2v) is 4.99. The van der Waals surface area contributed by atoms with Crippen LogP contribution in [0.5, 0.6) is 0 Å². The summed E-state index contributed by atoms with van der Waals surface area (Å²) in [5.74, 6) is 1.16. The first-order valence-corrected chi connectivity index (χ1v) is 6.97. The monoisotopic (exact) mass is 367 g/mol. The Kier molecular flexibility index (Phi) is 5.85. The van der Waals surface area contributed by atoms with Crippen LogP contribution in [0.15, 0.2) is 84.9 Å². The zero-order valence-electron chi connectivity index (χ0n) is 11.5. The molecule has 21 heavy (non-hydrogen) atoms. The molecule has 102 valence electrons. The Morgan fingerprint density at radius 2 is 1.00 bits per heavy atom. The van der Waals surface area contributed by atoms with Crippen molar-refractivity contribution < 1.29 is 26.2 Å². The van der Waals surface area contributed by atoms with E-state index in [1.54, 1.807) is 0 Å². The Morgan fingerprint density at radius 3 is 1.48 bits per heavy atom. The molecule has 0 aliphatic heterocycles. The molecule has 0 nitrogen and oxygen atoms in total. The van der Waals surface area contributed by atoms with Crippen LogP contribution in [0, 0.1) is 5.92 Å². The van der Waals surface area contributed by atoms with Gasteiger partial charge < -0.3 is 0 Å². The minimum absolute atomic E-state index is 0. The molecule has 0 atom stereocenters. The molecular weight excluding hydrogens is 355 g/mol. The maximum Gasteiger partial charge on any atom is 0.00182 e. The summed E-state index contributed by atoms with van der Waals surface area (Å²) in [6.07, 6.45) is 0. The van der Waals surface area contributed by atoms with E-state index in [9.17, 15) is 0 Å². The maximum absolute atomic E-state index is 6.40. The van der Waals surface area contributed by atoms with Gasteiger partial charge in [-0.15, -0.1) is 11.6 Å². The predicted octanol–water partition coefficient (Wildman–Crippen LogP) is 5.36. The standard InChI is InChI=1S/C19H14Cl.Zr/c20-18-14-8-7-13-17(18)19(15-9-3-1-4-10-15)16-11-5-2-6-12-16;/h1-14H;/q-1;. The Hall–Kier alpha value is -1.30. The molecule has 0 unspecified atom stereocenters. The molecule has 0 saturated carbocycles. The van der Waals surface area contributed by atoms with E-state index in [2.05, 4.69) is 54.6 Å². The molecule has 0 heterocycles. The molecule has 0 N–H and O–H groups in total. The Balaban J connectivity index is 0.00000161. The predicted molar refractivity (Wildman–Crippen MR) is 84.9 cm³/mol. The van der Waals surface area contributed by atoms with E-state index in [-0.39, 0.29) is 26.2 Å². The van der Waals surface area contributed by atoms with Gasteiger partial charge in [0.2, 0.25) is 0 Å². The average Bonchev–Trinajstić information content (AvgIpc) is 2.52. The molecular formula is C19H14ClZr-. The van der Waals surface area contributed by atoms with Crippen molar-refractivity contribution in [1.82, 2.24) is 0 Å². The van der Waals surface area contributed by atoms with Gasteiger partial charge in [-0.05, 0) is 0 Å². The van der Waals surface area contributed by atoms with E-state index in [1.807, 2.05) is 30.3 Å². The molecule has 0 fully saturated rings. The van der Waals surface area contributed by atoms with Gasteiger partial charge in [0.25, 0.3) is 0 Å². The van der Waals surface area contributed by atoms with Crippen molar-refractivity contribution in [3.8, 4) is 0 Å². The van der Waals surface area contributed by atoms with E-state index in [0.717, 1.165) is 16.5 Å². The molecule has 0 aliphatic carbocycles. The van der Waals surface area contributed by atoms with E-state index < -0.39 is 0 Å². The van der Waals surface area contributed by atoms with Crippen LogP contribution in [0.25, 0.3) is 0 Å². The molecule has 0 aromatic heterocycles. The van der Waals surface area contributed by atoms with Crippen molar-refractivity contribution in [2.75, 3.05) is 0 Å². The van der Waals surface area contributed by atoms with Crippen LogP contribution in [0.3, 0.4) is 0 Å². The third-order valence-corrected chi connectivity index (χ3v) is 3.60. The molecule has 3 aromatic rings. The van der Waals surface area contributed by atoms with Crippen LogP contribution in [-0.4, -0.2) is 0 Å². The number of rotatable bonds is 3. The summed E-state index contributed by atoms with van der Waals surface area (Å²) in [4.78, 5) is 0. The topological polar surface area (TPSA) is 0 Å². The van der Waals surface area contributed by atoms with Crippen LogP contribution < -0.4 is 0 Å². The number of hydrogen-bond acceptors (Lipinski definition) is 0. The zero-order chi connectivity index (χ0) is 13.8. The smallest absolute Gasteiger partial charge is 0.00182 e. The van der Waals surface area contributed by atoms with Gasteiger partial charge in [-0.3, -0.25) is 0 Å². The minimum atomic E-state index is 0. The van der Waals surface area contributed by atoms with Crippen molar-refractivity contribution in [2.24, 2.45) is 0 Å². The van der Waals surface area contributed by atoms with Crippen LogP contribution in [-0.2, 0) is 26.2 Å². The van der Waals surface area contributed by atoms with Gasteiger partial charge >= 0.3 is 0 Å². The minimum Gasteiger partial charge on any atom is -0.119 e. The van der Waals surface area contributed by atoms with Gasteiger partial charge in [-0.2, -0.15) is 0 Å². The van der Waals surface area contributed by atoms with Gasteiger partial charge in [0.1, 0.15) is 0 Å². The normalized spacial score (nSPS) is 9.76.